The number of nitrogens with zero attached hydrogens (tertiary/aromatic N) is 9. The lowest BCUT2D eigenvalue weighted by molar-refractivity contribution is -0.132. The van der Waals surface area contributed by atoms with Gasteiger partial charge in [-0.25, -0.2) is 15.0 Å². The predicted molar refractivity (Wildman–Crippen MR) is 177 cm³/mol. The molecular weight excluding hydrogens is 599 g/mol. The van der Waals surface area contributed by atoms with Gasteiger partial charge in [-0.1, -0.05) is 36.4 Å². The largest absolute Gasteiger partial charge is 0.338 e. The van der Waals surface area contributed by atoms with E-state index in [0.717, 1.165) is 63.8 Å². The molecule has 1 spiro atoms. The number of aryl methyl sites for hydroxylation is 2. The van der Waals surface area contributed by atoms with Crippen molar-refractivity contribution >= 4 is 40.3 Å². The van der Waals surface area contributed by atoms with Gasteiger partial charge in [0.25, 0.3) is 0 Å². The minimum absolute atomic E-state index is 0.121. The van der Waals surface area contributed by atoms with Crippen LogP contribution >= 0.6 is 11.3 Å². The van der Waals surface area contributed by atoms with E-state index in [1.165, 1.54) is 5.57 Å². The molecule has 0 aliphatic carbocycles. The third-order valence-corrected chi connectivity index (χ3v) is 10.6. The van der Waals surface area contributed by atoms with Crippen molar-refractivity contribution in [1.82, 2.24) is 34.5 Å². The number of rotatable bonds is 6. The van der Waals surface area contributed by atoms with E-state index in [-0.39, 0.29) is 11.8 Å². The van der Waals surface area contributed by atoms with Crippen molar-refractivity contribution in [2.24, 2.45) is 17.5 Å². The number of hydrogen-bond acceptors (Lipinski definition) is 9. The van der Waals surface area contributed by atoms with Gasteiger partial charge in [0.2, 0.25) is 11.8 Å². The Hall–Kier alpha value is -4.55. The average Bonchev–Trinajstić information content (AvgIpc) is 3.91. The summed E-state index contributed by atoms with van der Waals surface area (Å²) in [4.78, 5) is 52.6. The highest BCUT2D eigenvalue weighted by molar-refractivity contribution is 7.13. The van der Waals surface area contributed by atoms with Crippen LogP contribution in [0.1, 0.15) is 46.0 Å². The number of pyridine rings is 1. The Morgan fingerprint density at radius 3 is 2.59 bits per heavy atom. The summed E-state index contributed by atoms with van der Waals surface area (Å²) in [5, 5.41) is 5.37. The van der Waals surface area contributed by atoms with Crippen LogP contribution in [-0.2, 0) is 23.2 Å². The van der Waals surface area contributed by atoms with Gasteiger partial charge in [0.15, 0.2) is 5.82 Å². The van der Waals surface area contributed by atoms with Gasteiger partial charge in [-0.3, -0.25) is 29.1 Å². The van der Waals surface area contributed by atoms with E-state index in [0.29, 0.717) is 50.9 Å². The third-order valence-electron chi connectivity index (χ3n) is 9.71. The predicted octanol–water partition coefficient (Wildman–Crippen LogP) is 3.74. The molecule has 3 aromatic heterocycles. The Labute approximate surface area is 271 Å². The molecule has 0 unspecified atom stereocenters. The van der Waals surface area contributed by atoms with Gasteiger partial charge in [-0.15, -0.1) is 11.3 Å². The summed E-state index contributed by atoms with van der Waals surface area (Å²) in [6.45, 7) is 6.21. The lowest BCUT2D eigenvalue weighted by Crippen LogP contribution is -2.43. The molecule has 0 bridgehead atoms. The number of aromatic nitrogens is 5. The highest BCUT2D eigenvalue weighted by Crippen LogP contribution is 2.42. The van der Waals surface area contributed by atoms with Crippen LogP contribution in [0.15, 0.2) is 60.0 Å². The summed E-state index contributed by atoms with van der Waals surface area (Å²) in [6.07, 6.45) is 8.07. The Morgan fingerprint density at radius 2 is 1.85 bits per heavy atom. The molecule has 2 amide bonds. The molecule has 1 atom stereocenters. The molecule has 0 saturated carbocycles. The molecule has 0 N–H and O–H groups in total. The number of likely N-dealkylation sites (tertiary alicyclic amines) is 1. The maximum atomic E-state index is 13.9. The topological polar surface area (TPSA) is 113 Å². The van der Waals surface area contributed by atoms with Gasteiger partial charge in [0, 0.05) is 50.6 Å². The molecule has 46 heavy (non-hydrogen) atoms. The Balaban J connectivity index is 0.882. The molecule has 234 valence electrons. The van der Waals surface area contributed by atoms with E-state index >= 15 is 0 Å². The Kier molecular flexibility index (Phi) is 7.13. The summed E-state index contributed by atoms with van der Waals surface area (Å²) in [5.41, 5.74) is 5.74. The smallest absolute Gasteiger partial charge is 0.237 e. The Bertz CT molecular complexity index is 1910. The first-order valence-electron chi connectivity index (χ1n) is 15.8. The Morgan fingerprint density at radius 1 is 1.02 bits per heavy atom. The second-order valence-corrected chi connectivity index (χ2v) is 13.9. The molecule has 2 fully saturated rings. The van der Waals surface area contributed by atoms with E-state index in [4.69, 9.17) is 9.98 Å². The van der Waals surface area contributed by atoms with Crippen LogP contribution in [-0.4, -0.2) is 91.3 Å². The highest BCUT2D eigenvalue weighted by atomic mass is 32.1. The van der Waals surface area contributed by atoms with E-state index in [1.807, 2.05) is 54.2 Å². The fraction of sp³-hybridized carbons (Fsp3) is 0.382. The van der Waals surface area contributed by atoms with Crippen molar-refractivity contribution in [3.63, 3.8) is 0 Å². The zero-order valence-electron chi connectivity index (χ0n) is 26.0. The molecule has 2 saturated heterocycles. The maximum absolute atomic E-state index is 13.9. The number of fused-ring (bicyclic) bond motifs is 1. The highest BCUT2D eigenvalue weighted by Gasteiger charge is 2.51. The van der Waals surface area contributed by atoms with Crippen LogP contribution in [0.5, 0.6) is 0 Å². The minimum Gasteiger partial charge on any atom is -0.338 e. The molecule has 12 heteroatoms. The first-order chi connectivity index (χ1) is 22.3. The molecule has 0 radical (unpaired) electrons. The summed E-state index contributed by atoms with van der Waals surface area (Å²) >= 11 is 1.61. The van der Waals surface area contributed by atoms with Gasteiger partial charge in [0.05, 0.1) is 34.1 Å². The van der Waals surface area contributed by atoms with Crippen molar-refractivity contribution in [3.05, 3.63) is 81.7 Å². The number of benzene rings is 1. The molecule has 4 aliphatic rings. The van der Waals surface area contributed by atoms with Gasteiger partial charge in [-0.05, 0) is 49.9 Å². The fourth-order valence-electron chi connectivity index (χ4n) is 7.13. The normalized spacial score (nSPS) is 21.3. The van der Waals surface area contributed by atoms with Crippen molar-refractivity contribution in [1.29, 1.82) is 0 Å². The van der Waals surface area contributed by atoms with E-state index < -0.39 is 5.41 Å². The number of carbonyl (C=O) groups is 2. The molecule has 7 heterocycles. The number of anilines is 1. The molecule has 4 aromatic rings. The molecule has 4 aliphatic heterocycles. The van der Waals surface area contributed by atoms with Crippen LogP contribution in [0.4, 0.5) is 5.82 Å². The monoisotopic (exact) mass is 633 g/mol. The van der Waals surface area contributed by atoms with Crippen LogP contribution in [0, 0.1) is 12.3 Å². The van der Waals surface area contributed by atoms with E-state index in [2.05, 4.69) is 38.2 Å². The van der Waals surface area contributed by atoms with E-state index in [9.17, 15) is 9.59 Å². The average molecular weight is 634 g/mol. The van der Waals surface area contributed by atoms with Gasteiger partial charge < -0.3 is 4.90 Å². The molecular formula is C34H35N9O2S. The summed E-state index contributed by atoms with van der Waals surface area (Å²) < 4.78 is 1.70. The number of aliphatic imine (C=N–C) groups is 1. The minimum atomic E-state index is -0.460. The number of carbonyl (C=O) groups excluding carboxylic acids is 2. The van der Waals surface area contributed by atoms with Gasteiger partial charge in [0.1, 0.15) is 17.9 Å². The number of hydrogen-bond donors (Lipinski definition) is 0. The quantitative estimate of drug-likeness (QED) is 0.318. The van der Waals surface area contributed by atoms with E-state index in [1.54, 1.807) is 22.3 Å². The van der Waals surface area contributed by atoms with Gasteiger partial charge >= 0.3 is 0 Å². The second-order valence-electron chi connectivity index (χ2n) is 12.7. The van der Waals surface area contributed by atoms with Crippen molar-refractivity contribution in [2.45, 2.75) is 32.7 Å². The second kappa shape index (κ2) is 11.4. The SMILES string of the molecule is Cc1ncc(C2=NCc3ccc(N4CC[C@]5(CCN(CC(=O)N6CC=C(c7ccc(-c8ncn(C)n8)cc7)CC6)C5)C4=O)nc32)s1. The fourth-order valence-corrected chi connectivity index (χ4v) is 7.92. The van der Waals surface area contributed by atoms with Crippen LogP contribution < -0.4 is 4.90 Å². The van der Waals surface area contributed by atoms with Gasteiger partial charge in [-0.2, -0.15) is 5.10 Å². The number of thiazole rings is 1. The third kappa shape index (κ3) is 5.15. The molecule has 11 nitrogen and oxygen atoms in total. The zero-order valence-corrected chi connectivity index (χ0v) is 26.8. The van der Waals surface area contributed by atoms with Crippen molar-refractivity contribution < 1.29 is 9.59 Å². The lowest BCUT2D eigenvalue weighted by Gasteiger charge is -2.29. The molecule has 8 rings (SSSR count). The first kappa shape index (κ1) is 28.9. The summed E-state index contributed by atoms with van der Waals surface area (Å²) in [5.74, 6) is 1.64. The first-order valence-corrected chi connectivity index (χ1v) is 16.6. The maximum Gasteiger partial charge on any atom is 0.237 e. The van der Waals surface area contributed by atoms with Crippen LogP contribution in [0.25, 0.3) is 17.0 Å². The molecule has 1 aromatic carbocycles. The van der Waals surface area contributed by atoms with Crippen LogP contribution in [0.2, 0.25) is 0 Å². The van der Waals surface area contributed by atoms with Crippen LogP contribution in [0.3, 0.4) is 0 Å². The summed E-state index contributed by atoms with van der Waals surface area (Å²) in [7, 11) is 1.86. The lowest BCUT2D eigenvalue weighted by atomic mass is 9.85. The van der Waals surface area contributed by atoms with Crippen molar-refractivity contribution in [3.8, 4) is 11.4 Å². The summed E-state index contributed by atoms with van der Waals surface area (Å²) in [6, 6.07) is 12.3. The zero-order chi connectivity index (χ0) is 31.4. The number of amides is 2. The van der Waals surface area contributed by atoms with Crippen molar-refractivity contribution in [2.75, 3.05) is 44.2 Å². The standard InChI is InChI=1S/C34H35N9O2S/c1-22-35-18-27(46-22)31-30-26(17-36-31)7-8-28(38-30)43-16-12-34(33(43)45)11-15-41(20-34)19-29(44)42-13-9-24(10-14-42)23-3-5-25(6-4-23)32-37-21-40(2)39-32/h3-9,18,21H,10-17,19-20H2,1-2H3/t34-/m0/s1.